The molecule has 2 nitrogen and oxygen atoms in total. The van der Waals surface area contributed by atoms with Crippen molar-refractivity contribution in [2.75, 3.05) is 0 Å². The van der Waals surface area contributed by atoms with Crippen molar-refractivity contribution in [2.45, 2.75) is 6.92 Å². The number of nitrogens with zero attached hydrogens (tertiary/aromatic N) is 2. The van der Waals surface area contributed by atoms with E-state index in [0.29, 0.717) is 16.6 Å². The summed E-state index contributed by atoms with van der Waals surface area (Å²) in [5.41, 5.74) is 1.06. The molecule has 68 valence electrons. The molecular weight excluding hydrogens is 174 g/mol. The molecule has 13 heavy (non-hydrogen) atoms. The van der Waals surface area contributed by atoms with E-state index in [4.69, 9.17) is 0 Å². The highest BCUT2D eigenvalue weighted by atomic mass is 19.1. The number of hydrogen-bond donors (Lipinski definition) is 0. The highest BCUT2D eigenvalue weighted by Gasteiger charge is 2.10. The summed E-state index contributed by atoms with van der Waals surface area (Å²) >= 11 is 0. The van der Waals surface area contributed by atoms with E-state index in [1.54, 1.807) is 14.0 Å². The maximum Gasteiger partial charge on any atom is 0.137 e. The minimum Gasteiger partial charge on any atom is -0.272 e. The fourth-order valence-corrected chi connectivity index (χ4v) is 1.40. The predicted octanol–water partition coefficient (Wildman–Crippen LogP) is 2.16. The van der Waals surface area contributed by atoms with Crippen molar-refractivity contribution < 1.29 is 8.78 Å². The molecule has 0 aliphatic rings. The number of aromatic nitrogens is 2. The molecule has 1 heterocycles. The van der Waals surface area contributed by atoms with Crippen molar-refractivity contribution >= 4 is 10.9 Å². The molecule has 0 saturated heterocycles. The third-order valence-corrected chi connectivity index (χ3v) is 2.14. The summed E-state index contributed by atoms with van der Waals surface area (Å²) in [5, 5.41) is 4.36. The maximum atomic E-state index is 13.2. The fraction of sp³-hybridized carbons (Fsp3) is 0.222. The standard InChI is InChI=1S/C9H8F2N2/c1-5-9-7(11)3-6(10)4-8(9)12-13(5)2/h3-4H,1-2H3. The van der Waals surface area contributed by atoms with E-state index >= 15 is 0 Å². The first kappa shape index (κ1) is 8.16. The van der Waals surface area contributed by atoms with Gasteiger partial charge in [0.05, 0.1) is 10.9 Å². The second-order valence-electron chi connectivity index (χ2n) is 2.99. The molecule has 0 fully saturated rings. The molecule has 0 atom stereocenters. The zero-order valence-electron chi connectivity index (χ0n) is 7.31. The van der Waals surface area contributed by atoms with E-state index in [-0.39, 0.29) is 0 Å². The van der Waals surface area contributed by atoms with Gasteiger partial charge in [-0.1, -0.05) is 0 Å². The molecule has 2 aromatic rings. The third kappa shape index (κ3) is 1.09. The smallest absolute Gasteiger partial charge is 0.137 e. The number of aryl methyl sites for hydroxylation is 2. The van der Waals surface area contributed by atoms with Gasteiger partial charge in [-0.2, -0.15) is 5.10 Å². The summed E-state index contributed by atoms with van der Waals surface area (Å²) in [6, 6.07) is 2.10. The van der Waals surface area contributed by atoms with Gasteiger partial charge in [-0.15, -0.1) is 0 Å². The number of fused-ring (bicyclic) bond motifs is 1. The van der Waals surface area contributed by atoms with Crippen molar-refractivity contribution in [3.8, 4) is 0 Å². The molecule has 4 heteroatoms. The molecule has 0 aliphatic heterocycles. The topological polar surface area (TPSA) is 17.8 Å². The van der Waals surface area contributed by atoms with Gasteiger partial charge in [-0.3, -0.25) is 4.68 Å². The van der Waals surface area contributed by atoms with Crippen LogP contribution in [0.1, 0.15) is 5.69 Å². The number of hydrogen-bond acceptors (Lipinski definition) is 1. The van der Waals surface area contributed by atoms with E-state index < -0.39 is 11.6 Å². The minimum absolute atomic E-state index is 0.359. The molecule has 0 unspecified atom stereocenters. The number of benzene rings is 1. The molecule has 0 amide bonds. The van der Waals surface area contributed by atoms with Gasteiger partial charge in [0.1, 0.15) is 11.6 Å². The van der Waals surface area contributed by atoms with Crippen LogP contribution in [0.4, 0.5) is 8.78 Å². The molecule has 0 spiro atoms. The Bertz CT molecular complexity index is 474. The van der Waals surface area contributed by atoms with Crippen LogP contribution in [-0.2, 0) is 7.05 Å². The lowest BCUT2D eigenvalue weighted by Gasteiger charge is -1.94. The zero-order valence-corrected chi connectivity index (χ0v) is 7.31. The average molecular weight is 182 g/mol. The Balaban J connectivity index is 2.94. The summed E-state index contributed by atoms with van der Waals surface area (Å²) in [6.07, 6.45) is 0. The monoisotopic (exact) mass is 182 g/mol. The van der Waals surface area contributed by atoms with Gasteiger partial charge in [-0.05, 0) is 6.92 Å². The van der Waals surface area contributed by atoms with Gasteiger partial charge in [0, 0.05) is 24.9 Å². The summed E-state index contributed by atoms with van der Waals surface area (Å²) < 4.78 is 27.5. The maximum absolute atomic E-state index is 13.2. The SMILES string of the molecule is Cc1c2c(F)cc(F)cc2nn1C. The quantitative estimate of drug-likeness (QED) is 0.610. The Labute approximate surface area is 73.8 Å². The first-order valence-electron chi connectivity index (χ1n) is 3.88. The minimum atomic E-state index is -0.594. The Kier molecular flexibility index (Phi) is 1.58. The van der Waals surface area contributed by atoms with E-state index in [1.807, 2.05) is 0 Å². The molecule has 2 rings (SSSR count). The van der Waals surface area contributed by atoms with Crippen LogP contribution in [0, 0.1) is 18.6 Å². The van der Waals surface area contributed by atoms with Gasteiger partial charge in [0.15, 0.2) is 0 Å². The third-order valence-electron chi connectivity index (χ3n) is 2.14. The Morgan fingerprint density at radius 1 is 1.31 bits per heavy atom. The van der Waals surface area contributed by atoms with Gasteiger partial charge >= 0.3 is 0 Å². The second kappa shape index (κ2) is 2.52. The van der Waals surface area contributed by atoms with Crippen LogP contribution in [0.15, 0.2) is 12.1 Å². The van der Waals surface area contributed by atoms with E-state index in [9.17, 15) is 8.78 Å². The zero-order chi connectivity index (χ0) is 9.59. The molecule has 1 aromatic carbocycles. The van der Waals surface area contributed by atoms with Gasteiger partial charge in [0.2, 0.25) is 0 Å². The molecule has 0 aliphatic carbocycles. The lowest BCUT2D eigenvalue weighted by atomic mass is 10.2. The van der Waals surface area contributed by atoms with Crippen LogP contribution in [0.2, 0.25) is 0 Å². The number of halogens is 2. The predicted molar refractivity (Wildman–Crippen MR) is 45.4 cm³/mol. The van der Waals surface area contributed by atoms with Gasteiger partial charge < -0.3 is 0 Å². The van der Waals surface area contributed by atoms with E-state index in [1.165, 1.54) is 10.7 Å². The summed E-state index contributed by atoms with van der Waals surface area (Å²) in [7, 11) is 1.70. The van der Waals surface area contributed by atoms with Crippen molar-refractivity contribution in [1.29, 1.82) is 0 Å². The first-order valence-corrected chi connectivity index (χ1v) is 3.88. The molecule has 0 saturated carbocycles. The van der Waals surface area contributed by atoms with Crippen LogP contribution in [-0.4, -0.2) is 9.78 Å². The molecule has 0 radical (unpaired) electrons. The summed E-state index contributed by atoms with van der Waals surface area (Å²) in [5.74, 6) is -1.15. The van der Waals surface area contributed by atoms with Crippen molar-refractivity contribution in [2.24, 2.45) is 7.05 Å². The molecule has 0 N–H and O–H groups in total. The molecular formula is C9H8F2N2. The second-order valence-corrected chi connectivity index (χ2v) is 2.99. The van der Waals surface area contributed by atoms with Crippen LogP contribution in [0.25, 0.3) is 10.9 Å². The molecule has 0 bridgehead atoms. The largest absolute Gasteiger partial charge is 0.272 e. The highest BCUT2D eigenvalue weighted by Crippen LogP contribution is 2.21. The van der Waals surface area contributed by atoms with E-state index in [2.05, 4.69) is 5.10 Å². The van der Waals surface area contributed by atoms with Crippen LogP contribution >= 0.6 is 0 Å². The lowest BCUT2D eigenvalue weighted by Crippen LogP contribution is -1.91. The molecule has 1 aromatic heterocycles. The van der Waals surface area contributed by atoms with Crippen molar-refractivity contribution in [3.05, 3.63) is 29.5 Å². The average Bonchev–Trinajstić information content (AvgIpc) is 2.27. The van der Waals surface area contributed by atoms with Crippen LogP contribution in [0.5, 0.6) is 0 Å². The van der Waals surface area contributed by atoms with Crippen LogP contribution in [0.3, 0.4) is 0 Å². The van der Waals surface area contributed by atoms with Crippen molar-refractivity contribution in [1.82, 2.24) is 9.78 Å². The van der Waals surface area contributed by atoms with Gasteiger partial charge in [0.25, 0.3) is 0 Å². The number of rotatable bonds is 0. The van der Waals surface area contributed by atoms with E-state index in [0.717, 1.165) is 6.07 Å². The van der Waals surface area contributed by atoms with Crippen molar-refractivity contribution in [3.63, 3.8) is 0 Å². The Hall–Kier alpha value is -1.45. The van der Waals surface area contributed by atoms with Gasteiger partial charge in [-0.25, -0.2) is 8.78 Å². The summed E-state index contributed by atoms with van der Waals surface area (Å²) in [6.45, 7) is 1.75. The lowest BCUT2D eigenvalue weighted by molar-refractivity contribution is 0.592. The first-order chi connectivity index (χ1) is 6.09. The van der Waals surface area contributed by atoms with Crippen LogP contribution < -0.4 is 0 Å². The highest BCUT2D eigenvalue weighted by molar-refractivity contribution is 5.82. The normalized spacial score (nSPS) is 11.1. The fourth-order valence-electron chi connectivity index (χ4n) is 1.40. The Morgan fingerprint density at radius 2 is 2.00 bits per heavy atom. The Morgan fingerprint density at radius 3 is 2.69 bits per heavy atom. The summed E-state index contributed by atoms with van der Waals surface area (Å²) in [4.78, 5) is 0.